The molecule has 1 fully saturated rings. The van der Waals surface area contributed by atoms with Crippen molar-refractivity contribution < 1.29 is 0 Å². The Bertz CT molecular complexity index is 549. The van der Waals surface area contributed by atoms with E-state index in [-0.39, 0.29) is 0 Å². The molecule has 2 aromatic heterocycles. The molecule has 0 amide bonds. The van der Waals surface area contributed by atoms with Gasteiger partial charge in [-0.15, -0.1) is 0 Å². The molecule has 1 aliphatic heterocycles. The van der Waals surface area contributed by atoms with Gasteiger partial charge in [-0.1, -0.05) is 12.5 Å². The second-order valence-corrected chi connectivity index (χ2v) is 5.69. The van der Waals surface area contributed by atoms with E-state index >= 15 is 0 Å². The molecule has 5 nitrogen and oxygen atoms in total. The van der Waals surface area contributed by atoms with Crippen LogP contribution in [0.3, 0.4) is 0 Å². The lowest BCUT2D eigenvalue weighted by atomic mass is 10.1. The molecule has 5 heteroatoms. The van der Waals surface area contributed by atoms with Gasteiger partial charge in [-0.25, -0.2) is 9.97 Å². The number of anilines is 1. The number of hydrogen-bond donors (Lipinski definition) is 1. The second kappa shape index (κ2) is 7.84. The Kier molecular flexibility index (Phi) is 5.32. The van der Waals surface area contributed by atoms with Crippen LogP contribution >= 0.6 is 0 Å². The van der Waals surface area contributed by atoms with Gasteiger partial charge in [0.05, 0.1) is 18.1 Å². The third kappa shape index (κ3) is 4.24. The number of aromatic nitrogens is 3. The minimum absolute atomic E-state index is 0.666. The Hall–Kier alpha value is -2.01. The molecule has 0 bridgehead atoms. The maximum atomic E-state index is 4.37. The lowest BCUT2D eigenvalue weighted by Gasteiger charge is -2.26. The summed E-state index contributed by atoms with van der Waals surface area (Å²) in [5.74, 6) is 0.666. The van der Waals surface area contributed by atoms with E-state index in [4.69, 9.17) is 0 Å². The highest BCUT2D eigenvalue weighted by molar-refractivity contribution is 5.50. The smallest absolute Gasteiger partial charge is 0.178 e. The number of piperidine rings is 1. The van der Waals surface area contributed by atoms with Gasteiger partial charge in [-0.3, -0.25) is 4.98 Å². The summed E-state index contributed by atoms with van der Waals surface area (Å²) in [4.78, 5) is 15.6. The molecule has 116 valence electrons. The van der Waals surface area contributed by atoms with Crippen LogP contribution in [0.2, 0.25) is 0 Å². The van der Waals surface area contributed by atoms with Gasteiger partial charge >= 0.3 is 0 Å². The lowest BCUT2D eigenvalue weighted by molar-refractivity contribution is 0.228. The molecule has 3 rings (SSSR count). The summed E-state index contributed by atoms with van der Waals surface area (Å²) in [5.41, 5.74) is 1.78. The fourth-order valence-electron chi connectivity index (χ4n) is 2.77. The molecule has 0 radical (unpaired) electrons. The van der Waals surface area contributed by atoms with Crippen molar-refractivity contribution in [2.24, 2.45) is 0 Å². The third-order valence-electron chi connectivity index (χ3n) is 3.97. The van der Waals surface area contributed by atoms with Crippen molar-refractivity contribution >= 4 is 5.69 Å². The predicted molar refractivity (Wildman–Crippen MR) is 88.7 cm³/mol. The largest absolute Gasteiger partial charge is 0.383 e. The Morgan fingerprint density at radius 2 is 1.82 bits per heavy atom. The van der Waals surface area contributed by atoms with E-state index in [1.54, 1.807) is 6.20 Å². The molecule has 1 saturated heterocycles. The van der Waals surface area contributed by atoms with E-state index < -0.39 is 0 Å². The topological polar surface area (TPSA) is 53.9 Å². The van der Waals surface area contributed by atoms with E-state index in [1.165, 1.54) is 38.9 Å². The van der Waals surface area contributed by atoms with Crippen molar-refractivity contribution in [3.8, 4) is 11.5 Å². The average Bonchev–Trinajstić information content (AvgIpc) is 2.61. The SMILES string of the molecule is c1ccc(-c2ncc(NCCCN3CCCCC3)cn2)nc1. The first-order chi connectivity index (χ1) is 10.9. The Balaban J connectivity index is 1.43. The lowest BCUT2D eigenvalue weighted by Crippen LogP contribution is -2.31. The number of hydrogen-bond acceptors (Lipinski definition) is 5. The highest BCUT2D eigenvalue weighted by atomic mass is 15.1. The summed E-state index contributed by atoms with van der Waals surface area (Å²) in [7, 11) is 0. The summed E-state index contributed by atoms with van der Waals surface area (Å²) >= 11 is 0. The zero-order chi connectivity index (χ0) is 15.0. The molecular formula is C17H23N5. The highest BCUT2D eigenvalue weighted by Gasteiger charge is 2.08. The average molecular weight is 297 g/mol. The highest BCUT2D eigenvalue weighted by Crippen LogP contribution is 2.12. The van der Waals surface area contributed by atoms with Gasteiger partial charge < -0.3 is 10.2 Å². The van der Waals surface area contributed by atoms with E-state index in [2.05, 4.69) is 25.2 Å². The second-order valence-electron chi connectivity index (χ2n) is 5.69. The van der Waals surface area contributed by atoms with Crippen LogP contribution in [0, 0.1) is 0 Å². The van der Waals surface area contributed by atoms with E-state index in [1.807, 2.05) is 30.6 Å². The van der Waals surface area contributed by atoms with Crippen molar-refractivity contribution in [3.63, 3.8) is 0 Å². The summed E-state index contributed by atoms with van der Waals surface area (Å²) in [5, 5.41) is 3.39. The maximum absolute atomic E-state index is 4.37. The summed E-state index contributed by atoms with van der Waals surface area (Å²) in [6.45, 7) is 4.67. The first-order valence-corrected chi connectivity index (χ1v) is 8.11. The van der Waals surface area contributed by atoms with Gasteiger partial charge in [0, 0.05) is 12.7 Å². The molecule has 1 aliphatic rings. The zero-order valence-corrected chi connectivity index (χ0v) is 12.9. The van der Waals surface area contributed by atoms with Crippen LogP contribution in [0.15, 0.2) is 36.8 Å². The number of pyridine rings is 1. The molecule has 0 atom stereocenters. The zero-order valence-electron chi connectivity index (χ0n) is 12.9. The Morgan fingerprint density at radius 1 is 1.00 bits per heavy atom. The van der Waals surface area contributed by atoms with E-state index in [9.17, 15) is 0 Å². The fourth-order valence-corrected chi connectivity index (χ4v) is 2.77. The van der Waals surface area contributed by atoms with Gasteiger partial charge in [0.25, 0.3) is 0 Å². The molecule has 0 unspecified atom stereocenters. The molecule has 0 spiro atoms. The number of nitrogens with zero attached hydrogens (tertiary/aromatic N) is 4. The van der Waals surface area contributed by atoms with Crippen LogP contribution in [0.4, 0.5) is 5.69 Å². The molecule has 1 N–H and O–H groups in total. The molecule has 0 aromatic carbocycles. The maximum Gasteiger partial charge on any atom is 0.178 e. The van der Waals surface area contributed by atoms with Gasteiger partial charge in [0.15, 0.2) is 5.82 Å². The molecule has 0 saturated carbocycles. The van der Waals surface area contributed by atoms with Gasteiger partial charge in [-0.05, 0) is 51.0 Å². The first kappa shape index (κ1) is 14.9. The minimum Gasteiger partial charge on any atom is -0.383 e. The van der Waals surface area contributed by atoms with E-state index in [0.717, 1.165) is 24.3 Å². The fraction of sp³-hybridized carbons (Fsp3) is 0.471. The van der Waals surface area contributed by atoms with Crippen LogP contribution < -0.4 is 5.32 Å². The molecule has 0 aliphatic carbocycles. The standard InChI is InChI=1S/C17H23N5/c1-4-10-22(11-5-1)12-6-9-18-15-13-20-17(21-14-15)16-7-2-3-8-19-16/h2-3,7-8,13-14,18H,1,4-6,9-12H2. The third-order valence-corrected chi connectivity index (χ3v) is 3.97. The molecule has 2 aromatic rings. The first-order valence-electron chi connectivity index (χ1n) is 8.11. The van der Waals surface area contributed by atoms with Crippen LogP contribution in [0.25, 0.3) is 11.5 Å². The van der Waals surface area contributed by atoms with Crippen molar-refractivity contribution in [2.75, 3.05) is 31.5 Å². The normalized spacial score (nSPS) is 15.6. The van der Waals surface area contributed by atoms with Crippen molar-refractivity contribution in [2.45, 2.75) is 25.7 Å². The Labute approximate surface area is 131 Å². The van der Waals surface area contributed by atoms with Gasteiger partial charge in [0.2, 0.25) is 0 Å². The number of likely N-dealkylation sites (tertiary alicyclic amines) is 1. The molecular weight excluding hydrogens is 274 g/mol. The monoisotopic (exact) mass is 297 g/mol. The van der Waals surface area contributed by atoms with Gasteiger partial charge in [0.1, 0.15) is 5.69 Å². The van der Waals surface area contributed by atoms with Crippen LogP contribution in [-0.4, -0.2) is 46.0 Å². The summed E-state index contributed by atoms with van der Waals surface area (Å²) < 4.78 is 0. The van der Waals surface area contributed by atoms with Crippen LogP contribution in [0.5, 0.6) is 0 Å². The quantitative estimate of drug-likeness (QED) is 0.831. The van der Waals surface area contributed by atoms with Crippen molar-refractivity contribution in [1.82, 2.24) is 19.9 Å². The predicted octanol–water partition coefficient (Wildman–Crippen LogP) is 2.83. The Morgan fingerprint density at radius 3 is 2.55 bits per heavy atom. The van der Waals surface area contributed by atoms with Crippen molar-refractivity contribution in [1.29, 1.82) is 0 Å². The number of rotatable bonds is 6. The summed E-state index contributed by atoms with van der Waals surface area (Å²) in [6, 6.07) is 5.75. The summed E-state index contributed by atoms with van der Waals surface area (Å²) in [6.07, 6.45) is 10.7. The minimum atomic E-state index is 0.666. The van der Waals surface area contributed by atoms with Crippen molar-refractivity contribution in [3.05, 3.63) is 36.8 Å². The van der Waals surface area contributed by atoms with Crippen LogP contribution in [0.1, 0.15) is 25.7 Å². The van der Waals surface area contributed by atoms with Crippen LogP contribution in [-0.2, 0) is 0 Å². The van der Waals surface area contributed by atoms with Gasteiger partial charge in [-0.2, -0.15) is 0 Å². The molecule has 3 heterocycles. The number of nitrogens with one attached hydrogen (secondary N) is 1. The molecule has 22 heavy (non-hydrogen) atoms. The van der Waals surface area contributed by atoms with E-state index in [0.29, 0.717) is 5.82 Å².